The van der Waals surface area contributed by atoms with E-state index >= 15 is 0 Å². The summed E-state index contributed by atoms with van der Waals surface area (Å²) < 4.78 is 0. The van der Waals surface area contributed by atoms with Crippen LogP contribution in [0.1, 0.15) is 43.2 Å². The molecule has 0 unspecified atom stereocenters. The average molecular weight is 248 g/mol. The fourth-order valence-corrected chi connectivity index (χ4v) is 3.55. The number of benzene rings is 1. The van der Waals surface area contributed by atoms with Crippen LogP contribution in [0.4, 0.5) is 0 Å². The zero-order valence-corrected chi connectivity index (χ0v) is 10.9. The Hall–Kier alpha value is -0.960. The number of nitrogens with two attached hydrogens (primary N) is 1. The molecule has 0 saturated heterocycles. The molecule has 1 aliphatic rings. The molecule has 0 radical (unpaired) electrons. The Labute approximate surface area is 107 Å². The molecule has 0 atom stereocenters. The van der Waals surface area contributed by atoms with E-state index in [2.05, 4.69) is 17.8 Å². The lowest BCUT2D eigenvalue weighted by molar-refractivity contribution is 0.516. The number of hydrogen-bond donors (Lipinski definition) is 2. The minimum atomic E-state index is 0.162. The third-order valence-corrected chi connectivity index (χ3v) is 4.72. The molecule has 3 N–H and O–H groups in total. The van der Waals surface area contributed by atoms with Gasteiger partial charge in [-0.1, -0.05) is 37.5 Å². The maximum atomic E-state index is 7.43. The average Bonchev–Trinajstić information content (AvgIpc) is 2.38. The number of nitrogens with one attached hydrogen (secondary N) is 1. The van der Waals surface area contributed by atoms with Crippen molar-refractivity contribution in [1.29, 1.82) is 5.41 Å². The SMILES string of the molecule is N=C(N)c1cccc(CSC2CCCCC2)c1. The Kier molecular flexibility index (Phi) is 4.49. The molecular formula is C14H20N2S. The molecule has 0 heterocycles. The molecule has 0 amide bonds. The van der Waals surface area contributed by atoms with E-state index in [-0.39, 0.29) is 5.84 Å². The van der Waals surface area contributed by atoms with Crippen LogP contribution in [0.15, 0.2) is 24.3 Å². The topological polar surface area (TPSA) is 49.9 Å². The van der Waals surface area contributed by atoms with E-state index in [0.29, 0.717) is 0 Å². The van der Waals surface area contributed by atoms with Gasteiger partial charge in [-0.15, -0.1) is 0 Å². The van der Waals surface area contributed by atoms with Crippen molar-refractivity contribution in [3.63, 3.8) is 0 Å². The lowest BCUT2D eigenvalue weighted by Gasteiger charge is -2.20. The molecule has 1 aromatic carbocycles. The molecule has 2 nitrogen and oxygen atoms in total. The van der Waals surface area contributed by atoms with Crippen molar-refractivity contribution >= 4 is 17.6 Å². The van der Waals surface area contributed by atoms with Gasteiger partial charge in [0.25, 0.3) is 0 Å². The second-order valence-corrected chi connectivity index (χ2v) is 5.97. The van der Waals surface area contributed by atoms with Crippen molar-refractivity contribution in [2.24, 2.45) is 5.73 Å². The van der Waals surface area contributed by atoms with Crippen molar-refractivity contribution < 1.29 is 0 Å². The minimum Gasteiger partial charge on any atom is -0.384 e. The molecule has 0 bridgehead atoms. The van der Waals surface area contributed by atoms with Gasteiger partial charge in [-0.2, -0.15) is 11.8 Å². The smallest absolute Gasteiger partial charge is 0.122 e. The van der Waals surface area contributed by atoms with E-state index in [1.54, 1.807) is 0 Å². The molecule has 2 rings (SSSR count). The Morgan fingerprint density at radius 1 is 1.29 bits per heavy atom. The number of thioether (sulfide) groups is 1. The third kappa shape index (κ3) is 3.77. The molecule has 1 aliphatic carbocycles. The summed E-state index contributed by atoms with van der Waals surface area (Å²) in [5, 5.41) is 8.27. The van der Waals surface area contributed by atoms with Crippen LogP contribution in [0.2, 0.25) is 0 Å². The summed E-state index contributed by atoms with van der Waals surface area (Å²) in [7, 11) is 0. The minimum absolute atomic E-state index is 0.162. The molecular weight excluding hydrogens is 228 g/mol. The lowest BCUT2D eigenvalue weighted by Crippen LogP contribution is -2.11. The predicted molar refractivity (Wildman–Crippen MR) is 75.6 cm³/mol. The highest BCUT2D eigenvalue weighted by molar-refractivity contribution is 7.99. The number of nitrogen functional groups attached to an aromatic ring is 1. The highest BCUT2D eigenvalue weighted by Gasteiger charge is 2.13. The largest absolute Gasteiger partial charge is 0.384 e. The van der Waals surface area contributed by atoms with E-state index in [4.69, 9.17) is 11.1 Å². The van der Waals surface area contributed by atoms with Crippen molar-refractivity contribution in [1.82, 2.24) is 0 Å². The second-order valence-electron chi connectivity index (χ2n) is 4.69. The summed E-state index contributed by atoms with van der Waals surface area (Å²) in [4.78, 5) is 0. The van der Waals surface area contributed by atoms with Crippen LogP contribution in [0.5, 0.6) is 0 Å². The summed E-state index contributed by atoms with van der Waals surface area (Å²) in [5.41, 5.74) is 7.62. The predicted octanol–water partition coefficient (Wildman–Crippen LogP) is 3.54. The van der Waals surface area contributed by atoms with Gasteiger partial charge in [-0.25, -0.2) is 0 Å². The van der Waals surface area contributed by atoms with Crippen molar-refractivity contribution in [2.45, 2.75) is 43.1 Å². The maximum absolute atomic E-state index is 7.43. The molecule has 0 aliphatic heterocycles. The van der Waals surface area contributed by atoms with Gasteiger partial charge in [0.05, 0.1) is 0 Å². The molecule has 0 aromatic heterocycles. The van der Waals surface area contributed by atoms with Crippen molar-refractivity contribution in [2.75, 3.05) is 0 Å². The van der Waals surface area contributed by atoms with Crippen LogP contribution in [0.3, 0.4) is 0 Å². The lowest BCUT2D eigenvalue weighted by atomic mass is 10.0. The first kappa shape index (κ1) is 12.5. The Balaban J connectivity index is 1.89. The normalized spacial score (nSPS) is 16.9. The zero-order valence-electron chi connectivity index (χ0n) is 10.1. The molecule has 0 spiro atoms. The Morgan fingerprint density at radius 2 is 2.06 bits per heavy atom. The zero-order chi connectivity index (χ0) is 12.1. The van der Waals surface area contributed by atoms with Gasteiger partial charge < -0.3 is 5.73 Å². The second kappa shape index (κ2) is 6.10. The van der Waals surface area contributed by atoms with E-state index < -0.39 is 0 Å². The summed E-state index contributed by atoms with van der Waals surface area (Å²) in [5.74, 6) is 1.21. The van der Waals surface area contributed by atoms with Gasteiger partial charge in [0.15, 0.2) is 0 Å². The van der Waals surface area contributed by atoms with Gasteiger partial charge >= 0.3 is 0 Å². The Bertz CT molecular complexity index is 384. The fraction of sp³-hybridized carbons (Fsp3) is 0.500. The van der Waals surface area contributed by atoms with Crippen LogP contribution < -0.4 is 5.73 Å². The molecule has 1 aromatic rings. The first-order valence-corrected chi connectivity index (χ1v) is 7.35. The van der Waals surface area contributed by atoms with Crippen LogP contribution in [0.25, 0.3) is 0 Å². The number of hydrogen-bond acceptors (Lipinski definition) is 2. The summed E-state index contributed by atoms with van der Waals surface area (Å²) in [6.45, 7) is 0. The first-order valence-electron chi connectivity index (χ1n) is 6.30. The van der Waals surface area contributed by atoms with Gasteiger partial charge in [0, 0.05) is 16.6 Å². The molecule has 1 saturated carbocycles. The van der Waals surface area contributed by atoms with Gasteiger partial charge in [-0.3, -0.25) is 5.41 Å². The summed E-state index contributed by atoms with van der Waals surface area (Å²) >= 11 is 2.06. The van der Waals surface area contributed by atoms with Gasteiger partial charge in [0.2, 0.25) is 0 Å². The first-order chi connectivity index (χ1) is 8.25. The van der Waals surface area contributed by atoms with Crippen LogP contribution in [-0.2, 0) is 5.75 Å². The standard InChI is InChI=1S/C14H20N2S/c15-14(16)12-6-4-5-11(9-12)10-17-13-7-2-1-3-8-13/h4-6,9,13H,1-3,7-8,10H2,(H3,15,16). The molecule has 92 valence electrons. The van der Waals surface area contributed by atoms with E-state index in [9.17, 15) is 0 Å². The number of amidine groups is 1. The molecule has 1 fully saturated rings. The summed E-state index contributed by atoms with van der Waals surface area (Å²) in [6, 6.07) is 8.06. The van der Waals surface area contributed by atoms with Gasteiger partial charge in [0.1, 0.15) is 5.84 Å². The highest BCUT2D eigenvalue weighted by Crippen LogP contribution is 2.30. The van der Waals surface area contributed by atoms with E-state index in [1.807, 2.05) is 18.2 Å². The van der Waals surface area contributed by atoms with Crippen LogP contribution >= 0.6 is 11.8 Å². The monoisotopic (exact) mass is 248 g/mol. The fourth-order valence-electron chi connectivity index (χ4n) is 2.27. The van der Waals surface area contributed by atoms with Gasteiger partial charge in [-0.05, 0) is 24.5 Å². The highest BCUT2D eigenvalue weighted by atomic mass is 32.2. The van der Waals surface area contributed by atoms with Crippen molar-refractivity contribution in [3.05, 3.63) is 35.4 Å². The Morgan fingerprint density at radius 3 is 2.76 bits per heavy atom. The number of rotatable bonds is 4. The molecule has 17 heavy (non-hydrogen) atoms. The quantitative estimate of drug-likeness (QED) is 0.632. The summed E-state index contributed by atoms with van der Waals surface area (Å²) in [6.07, 6.45) is 6.95. The van der Waals surface area contributed by atoms with Crippen LogP contribution in [-0.4, -0.2) is 11.1 Å². The third-order valence-electron chi connectivity index (χ3n) is 3.28. The van der Waals surface area contributed by atoms with Crippen molar-refractivity contribution in [3.8, 4) is 0 Å². The van der Waals surface area contributed by atoms with E-state index in [1.165, 1.54) is 37.7 Å². The van der Waals surface area contributed by atoms with E-state index in [0.717, 1.165) is 16.6 Å². The molecule has 3 heteroatoms. The van der Waals surface area contributed by atoms with Crippen LogP contribution in [0, 0.1) is 5.41 Å². The maximum Gasteiger partial charge on any atom is 0.122 e.